The second kappa shape index (κ2) is 9.34. The van der Waals surface area contributed by atoms with Gasteiger partial charge in [0.2, 0.25) is 0 Å². The first-order valence-electron chi connectivity index (χ1n) is 8.85. The molecule has 8 heteroatoms. The number of anilines is 1. The Labute approximate surface area is 167 Å². The molecule has 144 valence electrons. The van der Waals surface area contributed by atoms with Gasteiger partial charge in [0.05, 0.1) is 19.8 Å². The van der Waals surface area contributed by atoms with Crippen molar-refractivity contribution in [3.8, 4) is 5.19 Å². The Hall–Kier alpha value is -1.90. The Morgan fingerprint density at radius 2 is 1.96 bits per heavy atom. The van der Waals surface area contributed by atoms with E-state index < -0.39 is 0 Å². The van der Waals surface area contributed by atoms with Gasteiger partial charge in [-0.25, -0.2) is 9.97 Å². The standard InChI is InChI=1S/C19H24N4O2S2/c1-12(2)9-14(10-24)20-16-15-17(23-19(25-3)27-15)22-18(21-16)26-11-13-7-5-4-6-8-13/h4-8,12,14,24H,9-11H2,1-3H3,(H,20,21,22)/t14-/m1/s1. The average molecular weight is 405 g/mol. The lowest BCUT2D eigenvalue weighted by Crippen LogP contribution is -2.26. The van der Waals surface area contributed by atoms with E-state index in [0.29, 0.717) is 27.7 Å². The van der Waals surface area contributed by atoms with Crippen molar-refractivity contribution in [2.75, 3.05) is 19.0 Å². The van der Waals surface area contributed by atoms with Crippen LogP contribution in [0.1, 0.15) is 25.8 Å². The molecule has 3 rings (SSSR count). The molecule has 0 saturated heterocycles. The van der Waals surface area contributed by atoms with Crippen molar-refractivity contribution < 1.29 is 9.84 Å². The van der Waals surface area contributed by atoms with Gasteiger partial charge in [-0.2, -0.15) is 4.98 Å². The number of nitrogens with zero attached hydrogens (tertiary/aromatic N) is 3. The third kappa shape index (κ3) is 5.31. The lowest BCUT2D eigenvalue weighted by atomic mass is 10.0. The van der Waals surface area contributed by atoms with Crippen LogP contribution in [-0.2, 0) is 5.75 Å². The maximum Gasteiger partial charge on any atom is 0.275 e. The van der Waals surface area contributed by atoms with Gasteiger partial charge in [0, 0.05) is 5.75 Å². The van der Waals surface area contributed by atoms with Gasteiger partial charge in [0.15, 0.2) is 16.6 Å². The molecule has 0 aliphatic heterocycles. The highest BCUT2D eigenvalue weighted by molar-refractivity contribution is 7.98. The van der Waals surface area contributed by atoms with Gasteiger partial charge >= 0.3 is 0 Å². The minimum atomic E-state index is -0.0665. The molecule has 6 nitrogen and oxygen atoms in total. The number of hydrogen-bond acceptors (Lipinski definition) is 8. The van der Waals surface area contributed by atoms with Crippen LogP contribution in [0.4, 0.5) is 5.82 Å². The minimum absolute atomic E-state index is 0.0477. The highest BCUT2D eigenvalue weighted by Crippen LogP contribution is 2.34. The number of nitrogens with one attached hydrogen (secondary N) is 1. The summed E-state index contributed by atoms with van der Waals surface area (Å²) in [5.41, 5.74) is 1.83. The molecule has 0 spiro atoms. The lowest BCUT2D eigenvalue weighted by molar-refractivity contribution is 0.259. The number of aliphatic hydroxyl groups excluding tert-OH is 1. The fourth-order valence-corrected chi connectivity index (χ4v) is 4.27. The van der Waals surface area contributed by atoms with Gasteiger partial charge in [0.25, 0.3) is 5.19 Å². The molecule has 0 radical (unpaired) electrons. The van der Waals surface area contributed by atoms with Crippen molar-refractivity contribution in [1.29, 1.82) is 0 Å². The Balaban J connectivity index is 1.88. The second-order valence-electron chi connectivity index (χ2n) is 6.62. The molecular formula is C19H24N4O2S2. The SMILES string of the molecule is COc1nc2nc(SCc3ccccc3)nc(N[C@@H](CO)CC(C)C)c2s1. The molecule has 2 heterocycles. The van der Waals surface area contributed by atoms with Gasteiger partial charge in [-0.1, -0.05) is 67.3 Å². The average Bonchev–Trinajstić information content (AvgIpc) is 3.10. The van der Waals surface area contributed by atoms with Crippen LogP contribution in [-0.4, -0.2) is 39.8 Å². The lowest BCUT2D eigenvalue weighted by Gasteiger charge is -2.19. The number of thiazole rings is 1. The first-order chi connectivity index (χ1) is 13.1. The highest BCUT2D eigenvalue weighted by atomic mass is 32.2. The third-order valence-electron chi connectivity index (χ3n) is 3.92. The zero-order valence-electron chi connectivity index (χ0n) is 15.7. The summed E-state index contributed by atoms with van der Waals surface area (Å²) in [6.45, 7) is 4.32. The summed E-state index contributed by atoms with van der Waals surface area (Å²) in [6.07, 6.45) is 0.852. The van der Waals surface area contributed by atoms with Crippen molar-refractivity contribution in [2.24, 2.45) is 5.92 Å². The summed E-state index contributed by atoms with van der Waals surface area (Å²) in [5.74, 6) is 1.95. The number of ether oxygens (including phenoxy) is 1. The van der Waals surface area contributed by atoms with Crippen LogP contribution in [0, 0.1) is 5.92 Å². The topological polar surface area (TPSA) is 80.2 Å². The Morgan fingerprint density at radius 1 is 1.19 bits per heavy atom. The first kappa shape index (κ1) is 19.9. The van der Waals surface area contributed by atoms with E-state index in [1.165, 1.54) is 16.9 Å². The summed E-state index contributed by atoms with van der Waals surface area (Å²) >= 11 is 2.97. The quantitative estimate of drug-likeness (QED) is 0.408. The molecule has 0 fully saturated rings. The van der Waals surface area contributed by atoms with Crippen LogP contribution in [0.5, 0.6) is 5.19 Å². The fourth-order valence-electron chi connectivity index (χ4n) is 2.70. The number of fused-ring (bicyclic) bond motifs is 1. The third-order valence-corrected chi connectivity index (χ3v) is 5.85. The number of rotatable bonds is 9. The van der Waals surface area contributed by atoms with E-state index in [4.69, 9.17) is 9.72 Å². The van der Waals surface area contributed by atoms with Gasteiger partial charge in [0.1, 0.15) is 4.70 Å². The van der Waals surface area contributed by atoms with Gasteiger partial charge < -0.3 is 15.2 Å². The van der Waals surface area contributed by atoms with E-state index in [0.717, 1.165) is 16.9 Å². The molecule has 0 aliphatic rings. The Kier molecular flexibility index (Phi) is 6.87. The number of aliphatic hydroxyl groups is 1. The van der Waals surface area contributed by atoms with Crippen molar-refractivity contribution in [3.05, 3.63) is 35.9 Å². The predicted octanol–water partition coefficient (Wildman–Crippen LogP) is 4.21. The summed E-state index contributed by atoms with van der Waals surface area (Å²) in [6, 6.07) is 10.2. The smallest absolute Gasteiger partial charge is 0.275 e. The van der Waals surface area contributed by atoms with Crippen LogP contribution in [0.2, 0.25) is 0 Å². The predicted molar refractivity (Wildman–Crippen MR) is 112 cm³/mol. The molecular weight excluding hydrogens is 380 g/mol. The van der Waals surface area contributed by atoms with Crippen LogP contribution in [0.3, 0.4) is 0 Å². The molecule has 0 bridgehead atoms. The van der Waals surface area contributed by atoms with Crippen LogP contribution < -0.4 is 10.1 Å². The Morgan fingerprint density at radius 3 is 2.63 bits per heavy atom. The second-order valence-corrected chi connectivity index (χ2v) is 8.52. The monoisotopic (exact) mass is 404 g/mol. The van der Waals surface area contributed by atoms with Gasteiger partial charge in [-0.3, -0.25) is 0 Å². The van der Waals surface area contributed by atoms with Crippen LogP contribution >= 0.6 is 23.1 Å². The normalized spacial score (nSPS) is 12.5. The number of hydrogen-bond donors (Lipinski definition) is 2. The molecule has 2 N–H and O–H groups in total. The van der Waals surface area contributed by atoms with Crippen molar-refractivity contribution >= 4 is 39.3 Å². The number of aromatic nitrogens is 3. The number of methoxy groups -OCH3 is 1. The minimum Gasteiger partial charge on any atom is -0.473 e. The van der Waals surface area contributed by atoms with Gasteiger partial charge in [-0.15, -0.1) is 0 Å². The molecule has 27 heavy (non-hydrogen) atoms. The summed E-state index contributed by atoms with van der Waals surface area (Å²) in [4.78, 5) is 13.7. The Bertz CT molecular complexity index is 871. The summed E-state index contributed by atoms with van der Waals surface area (Å²) in [7, 11) is 1.60. The van der Waals surface area contributed by atoms with Crippen LogP contribution in [0.15, 0.2) is 35.5 Å². The maximum absolute atomic E-state index is 9.73. The molecule has 0 unspecified atom stereocenters. The molecule has 1 atom stereocenters. The summed E-state index contributed by atoms with van der Waals surface area (Å²) < 4.78 is 6.12. The van der Waals surface area contributed by atoms with E-state index >= 15 is 0 Å². The first-order valence-corrected chi connectivity index (χ1v) is 10.7. The van der Waals surface area contributed by atoms with E-state index in [-0.39, 0.29) is 12.6 Å². The summed E-state index contributed by atoms with van der Waals surface area (Å²) in [5, 5.41) is 14.3. The molecule has 3 aromatic rings. The van der Waals surface area contributed by atoms with E-state index in [1.54, 1.807) is 18.9 Å². The van der Waals surface area contributed by atoms with Crippen LogP contribution in [0.25, 0.3) is 10.3 Å². The molecule has 1 aromatic carbocycles. The van der Waals surface area contributed by atoms with Crippen molar-refractivity contribution in [1.82, 2.24) is 15.0 Å². The molecule has 2 aromatic heterocycles. The highest BCUT2D eigenvalue weighted by Gasteiger charge is 2.18. The van der Waals surface area contributed by atoms with E-state index in [9.17, 15) is 5.11 Å². The maximum atomic E-state index is 9.73. The zero-order chi connectivity index (χ0) is 19.2. The molecule has 0 amide bonds. The van der Waals surface area contributed by atoms with Gasteiger partial charge in [-0.05, 0) is 17.9 Å². The molecule has 0 aliphatic carbocycles. The van der Waals surface area contributed by atoms with Crippen molar-refractivity contribution in [2.45, 2.75) is 37.2 Å². The van der Waals surface area contributed by atoms with Crippen molar-refractivity contribution in [3.63, 3.8) is 0 Å². The number of benzene rings is 1. The number of thioether (sulfide) groups is 1. The van der Waals surface area contributed by atoms with E-state index in [1.807, 2.05) is 18.2 Å². The van der Waals surface area contributed by atoms with E-state index in [2.05, 4.69) is 41.3 Å². The molecule has 0 saturated carbocycles. The largest absolute Gasteiger partial charge is 0.473 e. The zero-order valence-corrected chi connectivity index (χ0v) is 17.3. The fraction of sp³-hybridized carbons (Fsp3) is 0.421.